The lowest BCUT2D eigenvalue weighted by Crippen LogP contribution is -2.51. The summed E-state index contributed by atoms with van der Waals surface area (Å²) < 4.78 is 0. The molecule has 0 aromatic heterocycles. The van der Waals surface area contributed by atoms with Crippen molar-refractivity contribution in [2.75, 3.05) is 13.2 Å². The first-order chi connectivity index (χ1) is 11.2. The quantitative estimate of drug-likeness (QED) is 0.801. The van der Waals surface area contributed by atoms with Gasteiger partial charge in [-0.2, -0.15) is 10.4 Å². The Bertz CT molecular complexity index is 720. The smallest absolute Gasteiger partial charge is 0.197 e. The molecular weight excluding hydrogens is 294 g/mol. The molecule has 23 heavy (non-hydrogen) atoms. The van der Waals surface area contributed by atoms with Crippen LogP contribution in [0.4, 0.5) is 0 Å². The number of Topliss-reactive ketones (excluding diaryl/α,β-unsaturated/α-hetero) is 2. The summed E-state index contributed by atoms with van der Waals surface area (Å²) in [6.07, 6.45) is 0.685. The number of aliphatic imine (C=N–C) groups is 1. The molecule has 2 aliphatic heterocycles. The Labute approximate surface area is 133 Å². The van der Waals surface area contributed by atoms with E-state index in [4.69, 9.17) is 5.26 Å². The SMILES string of the molecule is N#CC1=NN(C2N=CC(=O)C(Cc3ccccc3)C2=O)CNC1. The first-order valence-electron chi connectivity index (χ1n) is 7.28. The van der Waals surface area contributed by atoms with Gasteiger partial charge in [-0.25, -0.2) is 0 Å². The Morgan fingerprint density at radius 1 is 1.30 bits per heavy atom. The molecule has 2 aliphatic rings. The summed E-state index contributed by atoms with van der Waals surface area (Å²) in [7, 11) is 0. The number of carbonyl (C=O) groups excluding carboxylic acids is 2. The number of nitriles is 1. The molecule has 0 saturated heterocycles. The molecule has 2 heterocycles. The van der Waals surface area contributed by atoms with E-state index in [0.29, 0.717) is 19.6 Å². The third-order valence-corrected chi connectivity index (χ3v) is 3.79. The van der Waals surface area contributed by atoms with Gasteiger partial charge in [0.25, 0.3) is 0 Å². The molecule has 0 bridgehead atoms. The number of nitrogens with one attached hydrogen (secondary N) is 1. The van der Waals surface area contributed by atoms with Gasteiger partial charge in [0.1, 0.15) is 6.07 Å². The minimum Gasteiger partial charge on any atom is -0.294 e. The number of rotatable bonds is 3. The molecular formula is C16H15N5O2. The van der Waals surface area contributed by atoms with Crippen molar-refractivity contribution in [2.24, 2.45) is 16.0 Å². The summed E-state index contributed by atoms with van der Waals surface area (Å²) in [6.45, 7) is 0.676. The van der Waals surface area contributed by atoms with Gasteiger partial charge in [0.05, 0.1) is 25.3 Å². The summed E-state index contributed by atoms with van der Waals surface area (Å²) in [5.41, 5.74) is 1.21. The molecule has 116 valence electrons. The van der Waals surface area contributed by atoms with Crippen LogP contribution < -0.4 is 5.32 Å². The summed E-state index contributed by atoms with van der Waals surface area (Å²) in [6, 6.07) is 11.4. The van der Waals surface area contributed by atoms with Gasteiger partial charge >= 0.3 is 0 Å². The monoisotopic (exact) mass is 309 g/mol. The van der Waals surface area contributed by atoms with E-state index >= 15 is 0 Å². The molecule has 0 spiro atoms. The molecule has 3 rings (SSSR count). The zero-order valence-corrected chi connectivity index (χ0v) is 12.3. The normalized spacial score (nSPS) is 24.3. The van der Waals surface area contributed by atoms with Crippen LogP contribution in [-0.2, 0) is 16.0 Å². The molecule has 1 N–H and O–H groups in total. The number of hydrogen-bond acceptors (Lipinski definition) is 7. The Kier molecular flexibility index (Phi) is 4.26. The lowest BCUT2D eigenvalue weighted by Gasteiger charge is -2.32. The van der Waals surface area contributed by atoms with Crippen LogP contribution in [0.3, 0.4) is 0 Å². The van der Waals surface area contributed by atoms with Crippen molar-refractivity contribution in [2.45, 2.75) is 12.6 Å². The standard InChI is InChI=1S/C16H15N5O2/c17-7-12-8-18-10-21(20-12)16-15(23)13(14(22)9-19-16)6-11-4-2-1-3-5-11/h1-5,9,13,16,18H,6,8,10H2. The van der Waals surface area contributed by atoms with E-state index in [1.165, 1.54) is 11.2 Å². The Morgan fingerprint density at radius 2 is 2.09 bits per heavy atom. The highest BCUT2D eigenvalue weighted by atomic mass is 16.2. The third kappa shape index (κ3) is 3.17. The van der Waals surface area contributed by atoms with E-state index in [9.17, 15) is 9.59 Å². The van der Waals surface area contributed by atoms with E-state index in [-0.39, 0.29) is 17.3 Å². The molecule has 2 unspecified atom stereocenters. The number of nitrogens with zero attached hydrogens (tertiary/aromatic N) is 4. The predicted molar refractivity (Wildman–Crippen MR) is 83.7 cm³/mol. The van der Waals surface area contributed by atoms with Crippen LogP contribution in [0.5, 0.6) is 0 Å². The van der Waals surface area contributed by atoms with Crippen molar-refractivity contribution in [1.82, 2.24) is 10.3 Å². The van der Waals surface area contributed by atoms with E-state index in [1.807, 2.05) is 36.4 Å². The van der Waals surface area contributed by atoms with Gasteiger partial charge in [-0.3, -0.25) is 24.9 Å². The second-order valence-corrected chi connectivity index (χ2v) is 5.38. The van der Waals surface area contributed by atoms with Crippen molar-refractivity contribution in [3.63, 3.8) is 0 Å². The van der Waals surface area contributed by atoms with Gasteiger partial charge < -0.3 is 0 Å². The molecule has 2 atom stereocenters. The fourth-order valence-corrected chi connectivity index (χ4v) is 2.62. The molecule has 0 aliphatic carbocycles. The minimum atomic E-state index is -0.863. The highest BCUT2D eigenvalue weighted by Crippen LogP contribution is 2.20. The van der Waals surface area contributed by atoms with E-state index in [1.54, 1.807) is 0 Å². The topological polar surface area (TPSA) is 97.9 Å². The first kappa shape index (κ1) is 15.1. The zero-order valence-electron chi connectivity index (χ0n) is 12.3. The fourth-order valence-electron chi connectivity index (χ4n) is 2.62. The molecule has 7 heteroatoms. The predicted octanol–water partition coefficient (Wildman–Crippen LogP) is 0.136. The van der Waals surface area contributed by atoms with Gasteiger partial charge in [0.15, 0.2) is 23.4 Å². The lowest BCUT2D eigenvalue weighted by atomic mass is 9.88. The van der Waals surface area contributed by atoms with Gasteiger partial charge in [0.2, 0.25) is 0 Å². The molecule has 0 fully saturated rings. The molecule has 1 aromatic carbocycles. The summed E-state index contributed by atoms with van der Waals surface area (Å²) in [4.78, 5) is 28.8. The average Bonchev–Trinajstić information content (AvgIpc) is 2.59. The lowest BCUT2D eigenvalue weighted by molar-refractivity contribution is -0.134. The van der Waals surface area contributed by atoms with Crippen molar-refractivity contribution >= 4 is 23.5 Å². The Morgan fingerprint density at radius 3 is 2.83 bits per heavy atom. The van der Waals surface area contributed by atoms with Gasteiger partial charge in [-0.15, -0.1) is 0 Å². The van der Waals surface area contributed by atoms with Crippen LogP contribution >= 0.6 is 0 Å². The van der Waals surface area contributed by atoms with Crippen LogP contribution in [-0.4, -0.2) is 47.9 Å². The molecule has 0 amide bonds. The van der Waals surface area contributed by atoms with Crippen LogP contribution in [0.2, 0.25) is 0 Å². The third-order valence-electron chi connectivity index (χ3n) is 3.79. The molecule has 1 aromatic rings. The Hall–Kier alpha value is -2.85. The summed E-state index contributed by atoms with van der Waals surface area (Å²) in [5.74, 6) is -1.33. The number of ketones is 2. The number of carbonyl (C=O) groups is 2. The van der Waals surface area contributed by atoms with Gasteiger partial charge in [0, 0.05) is 0 Å². The van der Waals surface area contributed by atoms with Crippen LogP contribution in [0.15, 0.2) is 40.4 Å². The number of benzene rings is 1. The maximum atomic E-state index is 12.7. The Balaban J connectivity index is 1.82. The summed E-state index contributed by atoms with van der Waals surface area (Å²) >= 11 is 0. The maximum absolute atomic E-state index is 12.7. The van der Waals surface area contributed by atoms with E-state index in [0.717, 1.165) is 5.56 Å². The van der Waals surface area contributed by atoms with Crippen LogP contribution in [0.1, 0.15) is 5.56 Å². The van der Waals surface area contributed by atoms with Crippen LogP contribution in [0, 0.1) is 17.2 Å². The maximum Gasteiger partial charge on any atom is 0.197 e. The number of hydrazone groups is 1. The highest BCUT2D eigenvalue weighted by molar-refractivity contribution is 6.35. The van der Waals surface area contributed by atoms with Crippen molar-refractivity contribution in [3.8, 4) is 6.07 Å². The molecule has 7 nitrogen and oxygen atoms in total. The summed E-state index contributed by atoms with van der Waals surface area (Å²) in [5, 5.41) is 17.5. The molecule has 0 radical (unpaired) electrons. The van der Waals surface area contributed by atoms with Crippen LogP contribution in [0.25, 0.3) is 0 Å². The highest BCUT2D eigenvalue weighted by Gasteiger charge is 2.38. The number of hydrogen-bond donors (Lipinski definition) is 1. The van der Waals surface area contributed by atoms with E-state index < -0.39 is 12.1 Å². The van der Waals surface area contributed by atoms with Crippen molar-refractivity contribution in [3.05, 3.63) is 35.9 Å². The molecule has 0 saturated carbocycles. The fraction of sp³-hybridized carbons (Fsp3) is 0.312. The zero-order chi connectivity index (χ0) is 16.2. The average molecular weight is 309 g/mol. The van der Waals surface area contributed by atoms with Gasteiger partial charge in [-0.05, 0) is 12.0 Å². The van der Waals surface area contributed by atoms with Crippen molar-refractivity contribution < 1.29 is 9.59 Å². The van der Waals surface area contributed by atoms with Gasteiger partial charge in [-0.1, -0.05) is 30.3 Å². The second-order valence-electron chi connectivity index (χ2n) is 5.38. The first-order valence-corrected chi connectivity index (χ1v) is 7.28. The second kappa shape index (κ2) is 6.50. The van der Waals surface area contributed by atoms with Crippen molar-refractivity contribution in [1.29, 1.82) is 5.26 Å². The van der Waals surface area contributed by atoms with E-state index in [2.05, 4.69) is 15.4 Å². The minimum absolute atomic E-state index is 0.286. The largest absolute Gasteiger partial charge is 0.294 e.